The van der Waals surface area contributed by atoms with Crippen LogP contribution in [-0.4, -0.2) is 87.1 Å². The highest BCUT2D eigenvalue weighted by molar-refractivity contribution is 5.91. The van der Waals surface area contributed by atoms with Gasteiger partial charge in [-0.25, -0.2) is 19.6 Å². The van der Waals surface area contributed by atoms with E-state index < -0.39 is 24.3 Å². The Morgan fingerprint density at radius 2 is 1.35 bits per heavy atom. The largest absolute Gasteiger partial charge is 0.453 e. The van der Waals surface area contributed by atoms with Gasteiger partial charge in [0.1, 0.15) is 23.7 Å². The highest BCUT2D eigenvalue weighted by atomic mass is 16.5. The normalized spacial score (nSPS) is 17.9. The maximum atomic E-state index is 14.0. The van der Waals surface area contributed by atoms with Crippen molar-refractivity contribution in [1.29, 1.82) is 0 Å². The number of carbonyl (C=O) groups is 4. The summed E-state index contributed by atoms with van der Waals surface area (Å²) in [7, 11) is 2.59. The third-order valence-electron chi connectivity index (χ3n) is 12.8. The van der Waals surface area contributed by atoms with Gasteiger partial charge in [0.2, 0.25) is 5.91 Å². The minimum atomic E-state index is -0.880. The standard InChI is InChI=1S/C49H52N8O6/c1-28(2)41(54-48(60)62-3)46(58)57-23-9-13-40(57)45-51-37-21-19-34-25-33(18-20-36(34)43(37)53-45)30-14-15-32-26-35(17-16-31(32)24-30)38-27-50-44(52-38)39-12-8-22-56(39)47(59)42(55-49(61)63-4)29-10-6-5-7-11-29/h5-7,10-11,14-18,20,24-28,39-42H,8-9,12-13,19,21-23H2,1-4H3,(H,50,52)(H,51,53)(H,54,60)(H,55,61)/t39-,40-,41-,42+/m0/s1. The summed E-state index contributed by atoms with van der Waals surface area (Å²) in [5, 5.41) is 7.67. The monoisotopic (exact) mass is 848 g/mol. The zero-order valence-corrected chi connectivity index (χ0v) is 35.9. The lowest BCUT2D eigenvalue weighted by molar-refractivity contribution is -0.135. The van der Waals surface area contributed by atoms with Crippen LogP contribution in [0.4, 0.5) is 9.59 Å². The second-order valence-corrected chi connectivity index (χ2v) is 17.0. The summed E-state index contributed by atoms with van der Waals surface area (Å²) in [6.45, 7) is 5.00. The van der Waals surface area contributed by atoms with E-state index in [2.05, 4.69) is 75.2 Å². The van der Waals surface area contributed by atoms with Gasteiger partial charge in [0.05, 0.1) is 49.6 Å². The molecule has 2 saturated heterocycles. The third-order valence-corrected chi connectivity index (χ3v) is 12.8. The van der Waals surface area contributed by atoms with Crippen LogP contribution in [0.5, 0.6) is 0 Å². The van der Waals surface area contributed by atoms with Crippen LogP contribution < -0.4 is 10.6 Å². The Bertz CT molecular complexity index is 2690. The number of methoxy groups -OCH3 is 2. The van der Waals surface area contributed by atoms with E-state index in [9.17, 15) is 19.2 Å². The van der Waals surface area contributed by atoms with Crippen LogP contribution >= 0.6 is 0 Å². The van der Waals surface area contributed by atoms with Gasteiger partial charge < -0.3 is 39.9 Å². The number of hydrogen-bond donors (Lipinski definition) is 4. The molecule has 4 atom stereocenters. The second kappa shape index (κ2) is 17.4. The molecule has 2 aromatic heterocycles. The van der Waals surface area contributed by atoms with Gasteiger partial charge in [-0.15, -0.1) is 0 Å². The number of imidazole rings is 2. The van der Waals surface area contributed by atoms with Gasteiger partial charge in [-0.2, -0.15) is 0 Å². The van der Waals surface area contributed by atoms with E-state index in [-0.39, 0.29) is 29.8 Å². The molecule has 324 valence electrons. The zero-order valence-electron chi connectivity index (χ0n) is 35.9. The maximum absolute atomic E-state index is 14.0. The molecule has 4 N–H and O–H groups in total. The molecule has 3 aliphatic rings. The lowest BCUT2D eigenvalue weighted by Crippen LogP contribution is -2.51. The zero-order chi connectivity index (χ0) is 43.8. The summed E-state index contributed by atoms with van der Waals surface area (Å²) in [5.41, 5.74) is 9.21. The molecule has 4 heterocycles. The highest BCUT2D eigenvalue weighted by Gasteiger charge is 2.39. The summed E-state index contributed by atoms with van der Waals surface area (Å²) in [6.07, 6.45) is 5.44. The van der Waals surface area contributed by atoms with Crippen molar-refractivity contribution in [3.8, 4) is 33.6 Å². The quantitative estimate of drug-likeness (QED) is 0.107. The number of hydrogen-bond acceptors (Lipinski definition) is 8. The number of aryl methyl sites for hydroxylation is 2. The van der Waals surface area contributed by atoms with Crippen LogP contribution in [-0.2, 0) is 31.9 Å². The minimum Gasteiger partial charge on any atom is -0.453 e. The number of aromatic amines is 2. The van der Waals surface area contributed by atoms with Crippen LogP contribution in [0.2, 0.25) is 0 Å². The number of nitrogens with zero attached hydrogens (tertiary/aromatic N) is 4. The Kier molecular flexibility index (Phi) is 11.5. The first-order valence-corrected chi connectivity index (χ1v) is 21.8. The van der Waals surface area contributed by atoms with E-state index in [0.717, 1.165) is 94.5 Å². The molecule has 14 nitrogen and oxygen atoms in total. The van der Waals surface area contributed by atoms with E-state index in [4.69, 9.17) is 19.4 Å². The molecule has 0 unspecified atom stereocenters. The van der Waals surface area contributed by atoms with Crippen molar-refractivity contribution in [3.05, 3.63) is 120 Å². The smallest absolute Gasteiger partial charge is 0.407 e. The molecule has 0 spiro atoms. The first kappa shape index (κ1) is 41.4. The van der Waals surface area contributed by atoms with Gasteiger partial charge in [0.25, 0.3) is 5.91 Å². The lowest BCUT2D eigenvalue weighted by atomic mass is 9.89. The number of H-pyrrole nitrogens is 2. The molecule has 1 aliphatic carbocycles. The van der Waals surface area contributed by atoms with Crippen molar-refractivity contribution in [1.82, 2.24) is 40.4 Å². The molecule has 6 aromatic rings. The molecule has 2 aliphatic heterocycles. The molecule has 9 rings (SSSR count). The average Bonchev–Trinajstić information content (AvgIpc) is 4.16. The summed E-state index contributed by atoms with van der Waals surface area (Å²) in [5.74, 6) is 1.07. The molecule has 2 fully saturated rings. The predicted octanol–water partition coefficient (Wildman–Crippen LogP) is 8.19. The molecule has 0 bridgehead atoms. The maximum Gasteiger partial charge on any atom is 0.407 e. The van der Waals surface area contributed by atoms with E-state index in [1.807, 2.05) is 55.3 Å². The molecule has 14 heteroatoms. The topological polar surface area (TPSA) is 175 Å². The Labute approximate surface area is 365 Å². The van der Waals surface area contributed by atoms with Crippen molar-refractivity contribution < 1.29 is 28.7 Å². The lowest BCUT2D eigenvalue weighted by Gasteiger charge is -2.30. The molecule has 0 saturated carbocycles. The first-order valence-electron chi connectivity index (χ1n) is 21.8. The van der Waals surface area contributed by atoms with Crippen LogP contribution in [0, 0.1) is 5.92 Å². The molecule has 4 aromatic carbocycles. The molecular formula is C49H52N8O6. The SMILES string of the molecule is COC(=O)N[C@H](C(=O)N1CCC[C@H]1c1nc2c([nH]1)-c1ccc(-c3ccc4cc(-c5cnc([C@@H]6CCCN6C(=O)[C@H](NC(=O)OC)c6ccccc6)[nH]5)ccc4c3)cc1CC2)C(C)C. The molecular weight excluding hydrogens is 797 g/mol. The van der Waals surface area contributed by atoms with Crippen LogP contribution in [0.15, 0.2) is 91.1 Å². The van der Waals surface area contributed by atoms with Crippen LogP contribution in [0.1, 0.15) is 86.1 Å². The number of likely N-dealkylation sites (tertiary alicyclic amines) is 2. The van der Waals surface area contributed by atoms with E-state index in [0.29, 0.717) is 24.5 Å². The Morgan fingerprint density at radius 1 is 0.714 bits per heavy atom. The number of rotatable bonds is 10. The van der Waals surface area contributed by atoms with Crippen molar-refractivity contribution >= 4 is 34.8 Å². The Morgan fingerprint density at radius 3 is 2.06 bits per heavy atom. The number of nitrogens with one attached hydrogen (secondary N) is 4. The minimum absolute atomic E-state index is 0.102. The van der Waals surface area contributed by atoms with Gasteiger partial charge in [-0.3, -0.25) is 9.59 Å². The number of alkyl carbamates (subject to hydrolysis) is 2. The molecule has 4 amide bonds. The number of benzene rings is 4. The van der Waals surface area contributed by atoms with E-state index in [1.54, 1.807) is 4.90 Å². The summed E-state index contributed by atoms with van der Waals surface area (Å²) in [4.78, 5) is 72.6. The summed E-state index contributed by atoms with van der Waals surface area (Å²) in [6, 6.07) is 26.7. The third kappa shape index (κ3) is 8.13. The second-order valence-electron chi connectivity index (χ2n) is 17.0. The first-order chi connectivity index (χ1) is 30.6. The number of ether oxygens (including phenoxy) is 2. The van der Waals surface area contributed by atoms with Gasteiger partial charge >= 0.3 is 12.2 Å². The van der Waals surface area contributed by atoms with Crippen molar-refractivity contribution in [2.24, 2.45) is 5.92 Å². The van der Waals surface area contributed by atoms with Gasteiger partial charge in [-0.1, -0.05) is 86.6 Å². The van der Waals surface area contributed by atoms with Crippen LogP contribution in [0.25, 0.3) is 44.4 Å². The number of carbonyl (C=O) groups excluding carboxylic acids is 4. The highest BCUT2D eigenvalue weighted by Crippen LogP contribution is 2.40. The van der Waals surface area contributed by atoms with Gasteiger partial charge in [0, 0.05) is 24.2 Å². The number of aromatic nitrogens is 4. The molecule has 63 heavy (non-hydrogen) atoms. The fourth-order valence-electron chi connectivity index (χ4n) is 9.50. The predicted molar refractivity (Wildman–Crippen MR) is 238 cm³/mol. The van der Waals surface area contributed by atoms with Crippen molar-refractivity contribution in [3.63, 3.8) is 0 Å². The van der Waals surface area contributed by atoms with Crippen molar-refractivity contribution in [2.75, 3.05) is 27.3 Å². The molecule has 0 radical (unpaired) electrons. The fraction of sp³-hybridized carbons (Fsp3) is 0.347. The average molecular weight is 849 g/mol. The number of amides is 4. The van der Waals surface area contributed by atoms with Crippen molar-refractivity contribution in [2.45, 2.75) is 76.5 Å². The van der Waals surface area contributed by atoms with E-state index >= 15 is 0 Å². The van der Waals surface area contributed by atoms with Crippen LogP contribution in [0.3, 0.4) is 0 Å². The Balaban J connectivity index is 0.906. The summed E-state index contributed by atoms with van der Waals surface area (Å²) < 4.78 is 9.65. The Hall–Kier alpha value is -6.96. The van der Waals surface area contributed by atoms with E-state index in [1.165, 1.54) is 19.8 Å². The fourth-order valence-corrected chi connectivity index (χ4v) is 9.50. The van der Waals surface area contributed by atoms with Gasteiger partial charge in [0.15, 0.2) is 0 Å². The van der Waals surface area contributed by atoms with Gasteiger partial charge in [-0.05, 0) is 89.6 Å². The summed E-state index contributed by atoms with van der Waals surface area (Å²) >= 11 is 0. The number of fused-ring (bicyclic) bond motifs is 4.